The van der Waals surface area contributed by atoms with Gasteiger partial charge in [-0.25, -0.2) is 0 Å². The van der Waals surface area contributed by atoms with Crippen LogP contribution in [-0.4, -0.2) is 24.2 Å². The summed E-state index contributed by atoms with van der Waals surface area (Å²) in [4.78, 5) is 9.96. The summed E-state index contributed by atoms with van der Waals surface area (Å²) in [5.41, 5.74) is 0. The number of amides is 1. The SMILES string of the molecule is CC.CCO.O=CNC1CCCCC1. The van der Waals surface area contributed by atoms with Gasteiger partial charge in [-0.2, -0.15) is 0 Å². The molecule has 0 aromatic carbocycles. The van der Waals surface area contributed by atoms with Gasteiger partial charge in [0.1, 0.15) is 0 Å². The van der Waals surface area contributed by atoms with Crippen molar-refractivity contribution >= 4 is 6.41 Å². The fourth-order valence-electron chi connectivity index (χ4n) is 1.37. The minimum absolute atomic E-state index is 0.250. The van der Waals surface area contributed by atoms with Gasteiger partial charge < -0.3 is 10.4 Å². The molecule has 0 spiro atoms. The van der Waals surface area contributed by atoms with E-state index in [9.17, 15) is 4.79 Å². The third kappa shape index (κ3) is 11.4. The molecule has 1 aliphatic carbocycles. The van der Waals surface area contributed by atoms with Crippen LogP contribution in [0.2, 0.25) is 0 Å². The van der Waals surface area contributed by atoms with Gasteiger partial charge in [-0.15, -0.1) is 0 Å². The van der Waals surface area contributed by atoms with Crippen molar-refractivity contribution in [1.82, 2.24) is 5.32 Å². The summed E-state index contributed by atoms with van der Waals surface area (Å²) in [5, 5.41) is 10.4. The fraction of sp³-hybridized carbons (Fsp3) is 0.909. The summed E-state index contributed by atoms with van der Waals surface area (Å²) in [6.45, 7) is 5.93. The highest BCUT2D eigenvalue weighted by Gasteiger charge is 2.10. The normalized spacial score (nSPS) is 15.4. The maximum absolute atomic E-state index is 9.96. The largest absolute Gasteiger partial charge is 0.397 e. The summed E-state index contributed by atoms with van der Waals surface area (Å²) in [6, 6.07) is 0.483. The third-order valence-electron chi connectivity index (χ3n) is 1.91. The van der Waals surface area contributed by atoms with E-state index in [1.54, 1.807) is 6.92 Å². The average molecular weight is 203 g/mol. The van der Waals surface area contributed by atoms with E-state index in [0.29, 0.717) is 6.04 Å². The predicted octanol–water partition coefficient (Wildman–Crippen LogP) is 2.09. The van der Waals surface area contributed by atoms with Gasteiger partial charge in [0.15, 0.2) is 0 Å². The number of hydrogen-bond acceptors (Lipinski definition) is 2. The molecule has 0 radical (unpaired) electrons. The van der Waals surface area contributed by atoms with Crippen LogP contribution in [0, 0.1) is 0 Å². The van der Waals surface area contributed by atoms with Crippen LogP contribution >= 0.6 is 0 Å². The third-order valence-corrected chi connectivity index (χ3v) is 1.91. The summed E-state index contributed by atoms with van der Waals surface area (Å²) in [6.07, 6.45) is 7.08. The highest BCUT2D eigenvalue weighted by Crippen LogP contribution is 2.16. The van der Waals surface area contributed by atoms with Gasteiger partial charge in [-0.3, -0.25) is 4.79 Å². The highest BCUT2D eigenvalue weighted by molar-refractivity contribution is 5.46. The minimum atomic E-state index is 0.250. The molecule has 1 aliphatic rings. The molecule has 3 heteroatoms. The van der Waals surface area contributed by atoms with Crippen molar-refractivity contribution in [2.45, 2.75) is 58.9 Å². The maximum Gasteiger partial charge on any atom is 0.207 e. The van der Waals surface area contributed by atoms with Gasteiger partial charge in [0, 0.05) is 12.6 Å². The molecule has 1 fully saturated rings. The van der Waals surface area contributed by atoms with Crippen molar-refractivity contribution in [1.29, 1.82) is 0 Å². The number of nitrogens with one attached hydrogen (secondary N) is 1. The Morgan fingerprint density at radius 2 is 1.71 bits per heavy atom. The number of carbonyl (C=O) groups is 1. The molecule has 0 saturated heterocycles. The molecule has 86 valence electrons. The van der Waals surface area contributed by atoms with E-state index < -0.39 is 0 Å². The van der Waals surface area contributed by atoms with Crippen LogP contribution in [0.3, 0.4) is 0 Å². The Bertz CT molecular complexity index is 101. The molecule has 0 atom stereocenters. The number of carbonyl (C=O) groups excluding carboxylic acids is 1. The summed E-state index contributed by atoms with van der Waals surface area (Å²) in [7, 11) is 0. The van der Waals surface area contributed by atoms with Crippen LogP contribution in [0.15, 0.2) is 0 Å². The van der Waals surface area contributed by atoms with Gasteiger partial charge in [0.05, 0.1) is 0 Å². The Hall–Kier alpha value is -0.570. The van der Waals surface area contributed by atoms with E-state index in [0.717, 1.165) is 6.41 Å². The Labute approximate surface area is 87.9 Å². The quantitative estimate of drug-likeness (QED) is 0.675. The molecule has 0 aromatic rings. The van der Waals surface area contributed by atoms with E-state index in [2.05, 4.69) is 5.32 Å². The van der Waals surface area contributed by atoms with Gasteiger partial charge in [-0.05, 0) is 19.8 Å². The lowest BCUT2D eigenvalue weighted by Crippen LogP contribution is -2.29. The molecule has 1 rings (SSSR count). The Morgan fingerprint density at radius 3 is 2.07 bits per heavy atom. The Balaban J connectivity index is 0. The number of rotatable bonds is 2. The lowest BCUT2D eigenvalue weighted by Gasteiger charge is -2.19. The van der Waals surface area contributed by atoms with Crippen molar-refractivity contribution in [2.24, 2.45) is 0 Å². The number of aliphatic hydroxyl groups is 1. The van der Waals surface area contributed by atoms with E-state index >= 15 is 0 Å². The molecule has 2 N–H and O–H groups in total. The van der Waals surface area contributed by atoms with Crippen LogP contribution in [0.1, 0.15) is 52.9 Å². The van der Waals surface area contributed by atoms with Crippen molar-refractivity contribution < 1.29 is 9.90 Å². The first-order chi connectivity index (χ1) is 6.85. The highest BCUT2D eigenvalue weighted by atomic mass is 16.2. The molecule has 1 saturated carbocycles. The molecule has 0 bridgehead atoms. The zero-order valence-electron chi connectivity index (χ0n) is 9.75. The number of aliphatic hydroxyl groups excluding tert-OH is 1. The molecule has 0 aliphatic heterocycles. The van der Waals surface area contributed by atoms with Crippen molar-refractivity contribution in [2.75, 3.05) is 6.61 Å². The van der Waals surface area contributed by atoms with E-state index in [4.69, 9.17) is 5.11 Å². The van der Waals surface area contributed by atoms with Crippen molar-refractivity contribution in [3.8, 4) is 0 Å². The van der Waals surface area contributed by atoms with Gasteiger partial charge in [0.2, 0.25) is 6.41 Å². The van der Waals surface area contributed by atoms with Crippen molar-refractivity contribution in [3.05, 3.63) is 0 Å². The van der Waals surface area contributed by atoms with E-state index in [1.807, 2.05) is 13.8 Å². The summed E-state index contributed by atoms with van der Waals surface area (Å²) >= 11 is 0. The lowest BCUT2D eigenvalue weighted by atomic mass is 9.96. The monoisotopic (exact) mass is 203 g/mol. The molecule has 3 nitrogen and oxygen atoms in total. The van der Waals surface area contributed by atoms with E-state index in [1.165, 1.54) is 32.1 Å². The van der Waals surface area contributed by atoms with Crippen LogP contribution < -0.4 is 5.32 Å². The lowest BCUT2D eigenvalue weighted by molar-refractivity contribution is -0.110. The molecule has 0 aromatic heterocycles. The van der Waals surface area contributed by atoms with Crippen LogP contribution in [0.4, 0.5) is 0 Å². The predicted molar refractivity (Wildman–Crippen MR) is 60.2 cm³/mol. The average Bonchev–Trinajstić information content (AvgIpc) is 2.24. The second-order valence-electron chi connectivity index (χ2n) is 2.94. The first-order valence-corrected chi connectivity index (χ1v) is 5.65. The van der Waals surface area contributed by atoms with Crippen molar-refractivity contribution in [3.63, 3.8) is 0 Å². The van der Waals surface area contributed by atoms with Crippen LogP contribution in [-0.2, 0) is 4.79 Å². The smallest absolute Gasteiger partial charge is 0.207 e. The Morgan fingerprint density at radius 1 is 1.29 bits per heavy atom. The summed E-state index contributed by atoms with van der Waals surface area (Å²) in [5.74, 6) is 0. The Kier molecular flexibility index (Phi) is 16.9. The zero-order chi connectivity index (χ0) is 11.2. The molecule has 14 heavy (non-hydrogen) atoms. The number of hydrogen-bond donors (Lipinski definition) is 2. The summed E-state index contributed by atoms with van der Waals surface area (Å²) < 4.78 is 0. The van der Waals surface area contributed by atoms with Gasteiger partial charge in [-0.1, -0.05) is 33.1 Å². The van der Waals surface area contributed by atoms with Gasteiger partial charge in [0.25, 0.3) is 0 Å². The molecular weight excluding hydrogens is 178 g/mol. The van der Waals surface area contributed by atoms with Gasteiger partial charge >= 0.3 is 0 Å². The molecule has 1 amide bonds. The standard InChI is InChI=1S/C7H13NO.C2H6O.C2H6/c9-6-8-7-4-2-1-3-5-7;1-2-3;1-2/h6-7H,1-5H2,(H,8,9);3H,2H2,1H3;1-2H3. The topological polar surface area (TPSA) is 49.3 Å². The molecular formula is C11H25NO2. The zero-order valence-corrected chi connectivity index (χ0v) is 9.75. The molecule has 0 heterocycles. The first kappa shape index (κ1) is 15.9. The van der Waals surface area contributed by atoms with Crippen LogP contribution in [0.25, 0.3) is 0 Å². The second kappa shape index (κ2) is 14.9. The minimum Gasteiger partial charge on any atom is -0.397 e. The second-order valence-corrected chi connectivity index (χ2v) is 2.94. The molecule has 0 unspecified atom stereocenters. The maximum atomic E-state index is 9.96. The fourth-order valence-corrected chi connectivity index (χ4v) is 1.37. The van der Waals surface area contributed by atoms with Crippen LogP contribution in [0.5, 0.6) is 0 Å². The van der Waals surface area contributed by atoms with E-state index in [-0.39, 0.29) is 6.61 Å². The first-order valence-electron chi connectivity index (χ1n) is 5.65.